The van der Waals surface area contributed by atoms with E-state index in [1.54, 1.807) is 18.0 Å². The van der Waals surface area contributed by atoms with Crippen LogP contribution in [0.15, 0.2) is 12.7 Å². The highest BCUT2D eigenvalue weighted by atomic mass is 16.5. The van der Waals surface area contributed by atoms with E-state index in [4.69, 9.17) is 0 Å². The summed E-state index contributed by atoms with van der Waals surface area (Å²) in [6.45, 7) is 5.01. The predicted molar refractivity (Wildman–Crippen MR) is 62.0 cm³/mol. The van der Waals surface area contributed by atoms with E-state index in [-0.39, 0.29) is 11.9 Å². The summed E-state index contributed by atoms with van der Waals surface area (Å²) < 4.78 is 4.51. The van der Waals surface area contributed by atoms with Gasteiger partial charge in [0.25, 0.3) is 0 Å². The number of amides is 1. The number of likely N-dealkylation sites (N-methyl/N-ethyl adjacent to an activating group) is 1. The first-order valence-electron chi connectivity index (χ1n) is 5.24. The lowest BCUT2D eigenvalue weighted by Crippen LogP contribution is -2.36. The van der Waals surface area contributed by atoms with Crippen LogP contribution in [-0.2, 0) is 14.3 Å². The highest BCUT2D eigenvalue weighted by molar-refractivity contribution is 5.78. The lowest BCUT2D eigenvalue weighted by atomic mass is 10.3. The summed E-state index contributed by atoms with van der Waals surface area (Å²) in [4.78, 5) is 23.9. The van der Waals surface area contributed by atoms with Gasteiger partial charge in [0, 0.05) is 26.6 Å². The average Bonchev–Trinajstić information content (AvgIpc) is 2.28. The number of nitrogens with one attached hydrogen (secondary N) is 1. The standard InChI is InChI=1S/C11H20N2O3/c1-4-7-12-9-10(14)13(2)8-5-6-11(15)16-3/h4,12H,1,5-9H2,2-3H3. The van der Waals surface area contributed by atoms with Gasteiger partial charge in [-0.1, -0.05) is 6.08 Å². The van der Waals surface area contributed by atoms with Gasteiger partial charge >= 0.3 is 5.97 Å². The second-order valence-electron chi connectivity index (χ2n) is 3.41. The molecule has 0 rings (SSSR count). The molecule has 0 aliphatic carbocycles. The Morgan fingerprint density at radius 2 is 2.19 bits per heavy atom. The van der Waals surface area contributed by atoms with Crippen molar-refractivity contribution in [2.24, 2.45) is 0 Å². The highest BCUT2D eigenvalue weighted by Gasteiger charge is 2.08. The van der Waals surface area contributed by atoms with Crippen molar-refractivity contribution in [3.05, 3.63) is 12.7 Å². The molecule has 0 aromatic heterocycles. The molecule has 1 N–H and O–H groups in total. The molecule has 5 heteroatoms. The van der Waals surface area contributed by atoms with Crippen molar-refractivity contribution in [1.82, 2.24) is 10.2 Å². The number of rotatable bonds is 8. The molecule has 0 aliphatic rings. The summed E-state index contributed by atoms with van der Waals surface area (Å²) in [5.41, 5.74) is 0. The number of esters is 1. The van der Waals surface area contributed by atoms with Crippen molar-refractivity contribution in [1.29, 1.82) is 0 Å². The summed E-state index contributed by atoms with van der Waals surface area (Å²) >= 11 is 0. The monoisotopic (exact) mass is 228 g/mol. The fourth-order valence-electron chi connectivity index (χ4n) is 1.10. The molecule has 0 atom stereocenters. The maximum atomic E-state index is 11.5. The van der Waals surface area contributed by atoms with Crippen LogP contribution in [-0.4, -0.2) is 50.6 Å². The van der Waals surface area contributed by atoms with Crippen molar-refractivity contribution in [2.45, 2.75) is 12.8 Å². The van der Waals surface area contributed by atoms with Crippen LogP contribution in [0.5, 0.6) is 0 Å². The number of carbonyl (C=O) groups excluding carboxylic acids is 2. The Morgan fingerprint density at radius 3 is 2.75 bits per heavy atom. The van der Waals surface area contributed by atoms with E-state index in [0.29, 0.717) is 32.5 Å². The second-order valence-corrected chi connectivity index (χ2v) is 3.41. The first-order valence-corrected chi connectivity index (χ1v) is 5.24. The van der Waals surface area contributed by atoms with Crippen LogP contribution >= 0.6 is 0 Å². The molecule has 0 spiro atoms. The van der Waals surface area contributed by atoms with E-state index in [1.807, 2.05) is 0 Å². The van der Waals surface area contributed by atoms with Crippen LogP contribution in [0.2, 0.25) is 0 Å². The zero-order chi connectivity index (χ0) is 12.4. The first-order chi connectivity index (χ1) is 7.61. The fraction of sp³-hybridized carbons (Fsp3) is 0.636. The maximum Gasteiger partial charge on any atom is 0.305 e. The van der Waals surface area contributed by atoms with E-state index >= 15 is 0 Å². The molecule has 0 unspecified atom stereocenters. The van der Waals surface area contributed by atoms with E-state index < -0.39 is 0 Å². The van der Waals surface area contributed by atoms with Gasteiger partial charge in [-0.05, 0) is 6.42 Å². The molecule has 0 aromatic carbocycles. The zero-order valence-corrected chi connectivity index (χ0v) is 9.99. The Labute approximate surface area is 96.4 Å². The molecule has 0 heterocycles. The van der Waals surface area contributed by atoms with Crippen molar-refractivity contribution < 1.29 is 14.3 Å². The smallest absolute Gasteiger partial charge is 0.305 e. The summed E-state index contributed by atoms with van der Waals surface area (Å²) in [5, 5.41) is 2.93. The summed E-state index contributed by atoms with van der Waals surface area (Å²) in [5.74, 6) is -0.239. The molecular weight excluding hydrogens is 208 g/mol. The van der Waals surface area contributed by atoms with Crippen LogP contribution in [0.25, 0.3) is 0 Å². The van der Waals surface area contributed by atoms with Gasteiger partial charge in [0.05, 0.1) is 13.7 Å². The van der Waals surface area contributed by atoms with Gasteiger partial charge < -0.3 is 15.0 Å². The second kappa shape index (κ2) is 8.91. The van der Waals surface area contributed by atoms with E-state index in [9.17, 15) is 9.59 Å². The Bertz CT molecular complexity index is 241. The van der Waals surface area contributed by atoms with Gasteiger partial charge in [-0.15, -0.1) is 6.58 Å². The minimum absolute atomic E-state index is 0.00622. The summed E-state index contributed by atoms with van der Waals surface area (Å²) in [6.07, 6.45) is 2.66. The Hall–Kier alpha value is -1.36. The first kappa shape index (κ1) is 14.6. The molecular formula is C11H20N2O3. The van der Waals surface area contributed by atoms with Crippen LogP contribution in [0.3, 0.4) is 0 Å². The third-order valence-corrected chi connectivity index (χ3v) is 2.09. The number of methoxy groups -OCH3 is 1. The van der Waals surface area contributed by atoms with Gasteiger partial charge in [0.15, 0.2) is 0 Å². The highest BCUT2D eigenvalue weighted by Crippen LogP contribution is 1.95. The zero-order valence-electron chi connectivity index (χ0n) is 9.99. The topological polar surface area (TPSA) is 58.6 Å². The van der Waals surface area contributed by atoms with Crippen molar-refractivity contribution in [3.8, 4) is 0 Å². The van der Waals surface area contributed by atoms with E-state index in [1.165, 1.54) is 7.11 Å². The number of nitrogens with zero attached hydrogens (tertiary/aromatic N) is 1. The molecule has 1 amide bonds. The largest absolute Gasteiger partial charge is 0.469 e. The summed E-state index contributed by atoms with van der Waals surface area (Å²) in [7, 11) is 3.08. The molecule has 5 nitrogen and oxygen atoms in total. The number of hydrogen-bond acceptors (Lipinski definition) is 4. The van der Waals surface area contributed by atoms with Crippen molar-refractivity contribution >= 4 is 11.9 Å². The van der Waals surface area contributed by atoms with Crippen LogP contribution in [0.4, 0.5) is 0 Å². The van der Waals surface area contributed by atoms with E-state index in [0.717, 1.165) is 0 Å². The molecule has 0 aliphatic heterocycles. The molecule has 0 saturated heterocycles. The molecule has 16 heavy (non-hydrogen) atoms. The minimum atomic E-state index is -0.245. The predicted octanol–water partition coefficient (Wildman–Crippen LogP) is 0.174. The number of carbonyl (C=O) groups is 2. The quantitative estimate of drug-likeness (QED) is 0.365. The molecule has 92 valence electrons. The Balaban J connectivity index is 3.62. The van der Waals surface area contributed by atoms with Gasteiger partial charge in [-0.3, -0.25) is 9.59 Å². The maximum absolute atomic E-state index is 11.5. The Morgan fingerprint density at radius 1 is 1.50 bits per heavy atom. The molecule has 0 saturated carbocycles. The number of ether oxygens (including phenoxy) is 1. The Kier molecular flexibility index (Phi) is 8.15. The van der Waals surface area contributed by atoms with Gasteiger partial charge in [0.2, 0.25) is 5.91 Å². The lowest BCUT2D eigenvalue weighted by molar-refractivity contribution is -0.141. The number of hydrogen-bond donors (Lipinski definition) is 1. The van der Waals surface area contributed by atoms with Crippen molar-refractivity contribution in [2.75, 3.05) is 33.8 Å². The lowest BCUT2D eigenvalue weighted by Gasteiger charge is -2.16. The molecule has 0 fully saturated rings. The molecule has 0 radical (unpaired) electrons. The van der Waals surface area contributed by atoms with Gasteiger partial charge in [-0.25, -0.2) is 0 Å². The third-order valence-electron chi connectivity index (χ3n) is 2.09. The third kappa shape index (κ3) is 7.00. The molecule has 0 aromatic rings. The van der Waals surface area contributed by atoms with Gasteiger partial charge in [0.1, 0.15) is 0 Å². The van der Waals surface area contributed by atoms with Crippen LogP contribution in [0.1, 0.15) is 12.8 Å². The fourth-order valence-corrected chi connectivity index (χ4v) is 1.10. The van der Waals surface area contributed by atoms with Gasteiger partial charge in [-0.2, -0.15) is 0 Å². The normalized spacial score (nSPS) is 9.62. The van der Waals surface area contributed by atoms with Crippen LogP contribution in [0, 0.1) is 0 Å². The minimum Gasteiger partial charge on any atom is -0.469 e. The SMILES string of the molecule is C=CCNCC(=O)N(C)CCCC(=O)OC. The van der Waals surface area contributed by atoms with Crippen LogP contribution < -0.4 is 5.32 Å². The average molecular weight is 228 g/mol. The molecule has 0 bridgehead atoms. The van der Waals surface area contributed by atoms with E-state index in [2.05, 4.69) is 16.6 Å². The van der Waals surface area contributed by atoms with Crippen molar-refractivity contribution in [3.63, 3.8) is 0 Å². The summed E-state index contributed by atoms with van der Waals surface area (Å²) in [6, 6.07) is 0.